The van der Waals surface area contributed by atoms with Gasteiger partial charge in [0.2, 0.25) is 5.91 Å². The summed E-state index contributed by atoms with van der Waals surface area (Å²) < 4.78 is 0. The fourth-order valence-corrected chi connectivity index (χ4v) is 3.92. The van der Waals surface area contributed by atoms with Gasteiger partial charge in [0.1, 0.15) is 5.82 Å². The van der Waals surface area contributed by atoms with Gasteiger partial charge in [0.15, 0.2) is 0 Å². The molecule has 2 bridgehead atoms. The molecule has 0 aromatic carbocycles. The van der Waals surface area contributed by atoms with Gasteiger partial charge in [-0.2, -0.15) is 0 Å². The van der Waals surface area contributed by atoms with Gasteiger partial charge < -0.3 is 5.32 Å². The molecule has 3 nitrogen and oxygen atoms in total. The SMILES string of the molecule is C=C1C(C)(C)[C@H]2CC[C@]1(C(=O)Nc1ccc(C)cn1)C2. The van der Waals surface area contributed by atoms with Crippen molar-refractivity contribution < 1.29 is 4.79 Å². The Morgan fingerprint density at radius 2 is 2.20 bits per heavy atom. The maximum absolute atomic E-state index is 12.8. The summed E-state index contributed by atoms with van der Waals surface area (Å²) in [6.45, 7) is 10.7. The second-order valence-electron chi connectivity index (χ2n) is 6.90. The smallest absolute Gasteiger partial charge is 0.235 e. The first-order valence-corrected chi connectivity index (χ1v) is 7.30. The molecule has 1 amide bonds. The van der Waals surface area contributed by atoms with Crippen molar-refractivity contribution in [1.82, 2.24) is 4.98 Å². The first-order valence-electron chi connectivity index (χ1n) is 7.30. The van der Waals surface area contributed by atoms with Crippen molar-refractivity contribution in [1.29, 1.82) is 0 Å². The number of amides is 1. The maximum atomic E-state index is 12.8. The summed E-state index contributed by atoms with van der Waals surface area (Å²) in [6, 6.07) is 3.82. The van der Waals surface area contributed by atoms with Gasteiger partial charge in [-0.25, -0.2) is 4.98 Å². The number of rotatable bonds is 2. The molecule has 3 heteroatoms. The van der Waals surface area contributed by atoms with Crippen LogP contribution in [0.15, 0.2) is 30.5 Å². The summed E-state index contributed by atoms with van der Waals surface area (Å²) in [7, 11) is 0. The molecular weight excluding hydrogens is 248 g/mol. The third-order valence-electron chi connectivity index (χ3n) is 5.48. The molecule has 1 aromatic heterocycles. The topological polar surface area (TPSA) is 42.0 Å². The highest BCUT2D eigenvalue weighted by Gasteiger charge is 2.60. The van der Waals surface area contributed by atoms with Crippen molar-refractivity contribution >= 4 is 11.7 Å². The third kappa shape index (κ3) is 1.72. The Hall–Kier alpha value is -1.64. The lowest BCUT2D eigenvalue weighted by atomic mass is 9.68. The number of nitrogens with zero attached hydrogens (tertiary/aromatic N) is 1. The molecule has 2 aliphatic carbocycles. The quantitative estimate of drug-likeness (QED) is 0.832. The van der Waals surface area contributed by atoms with Crippen molar-refractivity contribution in [3.8, 4) is 0 Å². The van der Waals surface area contributed by atoms with Gasteiger partial charge >= 0.3 is 0 Å². The van der Waals surface area contributed by atoms with Gasteiger partial charge in [0, 0.05) is 6.20 Å². The minimum atomic E-state index is -0.374. The number of hydrogen-bond donors (Lipinski definition) is 1. The van der Waals surface area contributed by atoms with Crippen LogP contribution in [0.2, 0.25) is 0 Å². The van der Waals surface area contributed by atoms with Crippen molar-refractivity contribution in [3.63, 3.8) is 0 Å². The molecule has 0 aliphatic heterocycles. The molecule has 0 spiro atoms. The van der Waals surface area contributed by atoms with E-state index in [1.807, 2.05) is 19.1 Å². The molecule has 3 rings (SSSR count). The Kier molecular flexibility index (Phi) is 2.79. The van der Waals surface area contributed by atoms with Gasteiger partial charge in [-0.1, -0.05) is 32.1 Å². The molecule has 1 heterocycles. The van der Waals surface area contributed by atoms with Crippen LogP contribution in [0, 0.1) is 23.7 Å². The second-order valence-corrected chi connectivity index (χ2v) is 6.90. The average molecular weight is 270 g/mol. The van der Waals surface area contributed by atoms with Crippen LogP contribution in [-0.2, 0) is 4.79 Å². The van der Waals surface area contributed by atoms with Crippen LogP contribution in [0.3, 0.4) is 0 Å². The van der Waals surface area contributed by atoms with Crippen molar-refractivity contribution in [2.45, 2.75) is 40.0 Å². The van der Waals surface area contributed by atoms with Crippen LogP contribution in [-0.4, -0.2) is 10.9 Å². The summed E-state index contributed by atoms with van der Waals surface area (Å²) in [5.41, 5.74) is 1.90. The molecule has 0 saturated heterocycles. The standard InChI is InChI=1S/C17H22N2O/c1-11-5-6-14(18-10-11)19-15(20)17-8-7-13(9-17)16(3,4)12(17)2/h5-6,10,13H,2,7-9H2,1,3-4H3,(H,18,19,20)/t13-,17-/m0/s1. The van der Waals surface area contributed by atoms with E-state index < -0.39 is 0 Å². The Bertz CT molecular complexity index is 573. The lowest BCUT2D eigenvalue weighted by Gasteiger charge is -2.37. The highest BCUT2D eigenvalue weighted by atomic mass is 16.2. The maximum Gasteiger partial charge on any atom is 0.235 e. The molecule has 2 fully saturated rings. The molecule has 0 unspecified atom stereocenters. The summed E-state index contributed by atoms with van der Waals surface area (Å²) >= 11 is 0. The third-order valence-corrected chi connectivity index (χ3v) is 5.48. The number of anilines is 1. The highest BCUT2D eigenvalue weighted by Crippen LogP contribution is 2.65. The van der Waals surface area contributed by atoms with Gasteiger partial charge in [0.25, 0.3) is 0 Å². The number of aryl methyl sites for hydroxylation is 1. The second kappa shape index (κ2) is 4.18. The van der Waals surface area contributed by atoms with Gasteiger partial charge in [-0.3, -0.25) is 4.79 Å². The van der Waals surface area contributed by atoms with E-state index in [1.54, 1.807) is 6.20 Å². The van der Waals surface area contributed by atoms with Gasteiger partial charge in [-0.15, -0.1) is 0 Å². The molecule has 2 saturated carbocycles. The van der Waals surface area contributed by atoms with E-state index in [9.17, 15) is 4.79 Å². The Labute approximate surface area is 120 Å². The van der Waals surface area contributed by atoms with Crippen LogP contribution < -0.4 is 5.32 Å². The van der Waals surface area contributed by atoms with E-state index in [4.69, 9.17) is 0 Å². The first kappa shape index (κ1) is 13.3. The van der Waals surface area contributed by atoms with Gasteiger partial charge in [-0.05, 0) is 49.1 Å². The number of fused-ring (bicyclic) bond motifs is 2. The van der Waals surface area contributed by atoms with Crippen LogP contribution in [0.25, 0.3) is 0 Å². The summed E-state index contributed by atoms with van der Waals surface area (Å²) in [5.74, 6) is 1.30. The zero-order chi connectivity index (χ0) is 14.5. The van der Waals surface area contributed by atoms with Crippen molar-refractivity contribution in [3.05, 3.63) is 36.0 Å². The van der Waals surface area contributed by atoms with E-state index in [-0.39, 0.29) is 16.7 Å². The molecule has 20 heavy (non-hydrogen) atoms. The Morgan fingerprint density at radius 1 is 1.45 bits per heavy atom. The van der Waals surface area contributed by atoms with E-state index in [0.717, 1.165) is 30.4 Å². The Morgan fingerprint density at radius 3 is 2.75 bits per heavy atom. The molecule has 0 radical (unpaired) electrons. The minimum Gasteiger partial charge on any atom is -0.310 e. The van der Waals surface area contributed by atoms with Crippen LogP contribution in [0.4, 0.5) is 5.82 Å². The van der Waals surface area contributed by atoms with E-state index in [2.05, 4.69) is 30.7 Å². The number of aromatic nitrogens is 1. The largest absolute Gasteiger partial charge is 0.310 e. The fourth-order valence-electron chi connectivity index (χ4n) is 3.92. The summed E-state index contributed by atoms with van der Waals surface area (Å²) in [6.07, 6.45) is 4.77. The molecular formula is C17H22N2O. The summed E-state index contributed by atoms with van der Waals surface area (Å²) in [4.78, 5) is 17.0. The van der Waals surface area contributed by atoms with Gasteiger partial charge in [0.05, 0.1) is 5.41 Å². The van der Waals surface area contributed by atoms with E-state index in [1.165, 1.54) is 0 Å². The van der Waals surface area contributed by atoms with E-state index in [0.29, 0.717) is 11.7 Å². The molecule has 106 valence electrons. The zero-order valence-electron chi connectivity index (χ0n) is 12.5. The first-order chi connectivity index (χ1) is 9.36. The number of carbonyl (C=O) groups is 1. The highest BCUT2D eigenvalue weighted by molar-refractivity contribution is 5.97. The number of carbonyl (C=O) groups excluding carboxylic acids is 1. The average Bonchev–Trinajstić information content (AvgIpc) is 2.93. The minimum absolute atomic E-state index is 0.0759. The van der Waals surface area contributed by atoms with Crippen molar-refractivity contribution in [2.75, 3.05) is 5.32 Å². The normalized spacial score (nSPS) is 30.6. The molecule has 1 N–H and O–H groups in total. The number of hydrogen-bond acceptors (Lipinski definition) is 2. The lowest BCUT2D eigenvalue weighted by Crippen LogP contribution is -2.37. The van der Waals surface area contributed by atoms with Crippen LogP contribution >= 0.6 is 0 Å². The predicted molar refractivity (Wildman–Crippen MR) is 80.3 cm³/mol. The fraction of sp³-hybridized carbons (Fsp3) is 0.529. The summed E-state index contributed by atoms with van der Waals surface area (Å²) in [5, 5.41) is 2.99. The molecule has 1 aromatic rings. The van der Waals surface area contributed by atoms with Crippen LogP contribution in [0.1, 0.15) is 38.7 Å². The Balaban J connectivity index is 1.84. The predicted octanol–water partition coefficient (Wildman–Crippen LogP) is 3.71. The molecule has 2 aliphatic rings. The number of pyridine rings is 1. The zero-order valence-corrected chi connectivity index (χ0v) is 12.5. The van der Waals surface area contributed by atoms with Crippen molar-refractivity contribution in [2.24, 2.45) is 16.7 Å². The van der Waals surface area contributed by atoms with E-state index >= 15 is 0 Å². The molecule has 2 atom stereocenters. The monoisotopic (exact) mass is 270 g/mol. The van der Waals surface area contributed by atoms with Crippen LogP contribution in [0.5, 0.6) is 0 Å². The number of nitrogens with one attached hydrogen (secondary N) is 1. The lowest BCUT2D eigenvalue weighted by molar-refractivity contribution is -0.123.